The Hall–Kier alpha value is -4.44. The Bertz CT molecular complexity index is 1630. The van der Waals surface area contributed by atoms with Crippen LogP contribution in [0.25, 0.3) is 16.6 Å². The van der Waals surface area contributed by atoms with Gasteiger partial charge in [-0.25, -0.2) is 4.79 Å². The number of hydrogen-bond donors (Lipinski definition) is 1. The predicted molar refractivity (Wildman–Crippen MR) is 147 cm³/mol. The third-order valence-corrected chi connectivity index (χ3v) is 7.40. The van der Waals surface area contributed by atoms with Crippen molar-refractivity contribution in [3.63, 3.8) is 0 Å². The maximum atomic E-state index is 14.1. The molecular formula is C29H25N3O6S. The first kappa shape index (κ1) is 24.9. The Kier molecular flexibility index (Phi) is 6.62. The lowest BCUT2D eigenvalue weighted by Crippen LogP contribution is -2.28. The van der Waals surface area contributed by atoms with E-state index in [1.165, 1.54) is 0 Å². The van der Waals surface area contributed by atoms with Gasteiger partial charge in [-0.05, 0) is 53.6 Å². The van der Waals surface area contributed by atoms with Crippen LogP contribution in [0.5, 0.6) is 17.2 Å². The standard InChI is InChI=1S/C29H25N3O6S/c1-32-9-12-38-24-7-3-17(14-23(24)32)13-20(27(29(34)35)18-4-6-21-22(15-18)31-39-30-21)28(33)19-5-8-25-26(16-19)37-11-2-10-36-25/h3-8,14-16H,2,9-13H2,1H3,(H,34,35). The molecule has 1 N–H and O–H groups in total. The van der Waals surface area contributed by atoms with Crippen LogP contribution in [-0.4, -0.2) is 59.0 Å². The second kappa shape index (κ2) is 10.4. The first-order valence-corrected chi connectivity index (χ1v) is 13.3. The topological polar surface area (TPSA) is 111 Å². The first-order chi connectivity index (χ1) is 19.0. The van der Waals surface area contributed by atoms with E-state index in [4.69, 9.17) is 14.2 Å². The minimum atomic E-state index is -1.20. The van der Waals surface area contributed by atoms with Gasteiger partial charge in [0.2, 0.25) is 0 Å². The fourth-order valence-corrected chi connectivity index (χ4v) is 5.35. The summed E-state index contributed by atoms with van der Waals surface area (Å²) in [7, 11) is 1.98. The number of likely N-dealkylation sites (N-methyl/N-ethyl adjacent to an activating group) is 1. The Morgan fingerprint density at radius 2 is 1.62 bits per heavy atom. The maximum Gasteiger partial charge on any atom is 0.336 e. The van der Waals surface area contributed by atoms with Crippen molar-refractivity contribution in [3.05, 3.63) is 76.9 Å². The van der Waals surface area contributed by atoms with E-state index in [2.05, 4.69) is 13.6 Å². The van der Waals surface area contributed by atoms with Crippen LogP contribution in [-0.2, 0) is 11.2 Å². The van der Waals surface area contributed by atoms with Crippen molar-refractivity contribution >= 4 is 45.8 Å². The fourth-order valence-electron chi connectivity index (χ4n) is 4.84. The number of benzene rings is 3. The number of fused-ring (bicyclic) bond motifs is 3. The molecular weight excluding hydrogens is 518 g/mol. The van der Waals surface area contributed by atoms with E-state index in [1.54, 1.807) is 36.4 Å². The Morgan fingerprint density at radius 3 is 2.46 bits per heavy atom. The van der Waals surface area contributed by atoms with E-state index >= 15 is 0 Å². The van der Waals surface area contributed by atoms with Gasteiger partial charge in [0.15, 0.2) is 17.3 Å². The van der Waals surface area contributed by atoms with Crippen LogP contribution >= 0.6 is 11.7 Å². The molecule has 0 aliphatic carbocycles. The third kappa shape index (κ3) is 4.90. The summed E-state index contributed by atoms with van der Waals surface area (Å²) in [6.45, 7) is 2.32. The molecule has 0 saturated carbocycles. The Morgan fingerprint density at radius 1 is 0.872 bits per heavy atom. The van der Waals surface area contributed by atoms with E-state index in [1.807, 2.05) is 25.2 Å². The zero-order valence-corrected chi connectivity index (χ0v) is 22.0. The van der Waals surface area contributed by atoms with Crippen molar-refractivity contribution in [1.29, 1.82) is 0 Å². The van der Waals surface area contributed by atoms with Crippen LogP contribution < -0.4 is 19.1 Å². The Labute approximate surface area is 228 Å². The number of rotatable bonds is 6. The molecule has 0 saturated heterocycles. The molecule has 0 fully saturated rings. The number of aromatic nitrogens is 2. The molecule has 0 unspecified atom stereocenters. The number of Topliss-reactive ketones (excluding diaryl/α,β-unsaturated/α-hetero) is 1. The van der Waals surface area contributed by atoms with Crippen LogP contribution in [0.4, 0.5) is 5.69 Å². The van der Waals surface area contributed by atoms with Crippen LogP contribution in [0.1, 0.15) is 27.9 Å². The molecule has 4 aromatic rings. The SMILES string of the molecule is CN1CCOc2ccc(CC(C(=O)c3ccc4c(c3)OCCCO4)=C(C(=O)O)c3ccc4nsnc4c3)cc21. The molecule has 2 aliphatic rings. The molecule has 3 aromatic carbocycles. The zero-order chi connectivity index (χ0) is 26.9. The van der Waals surface area contributed by atoms with Crippen molar-refractivity contribution < 1.29 is 28.9 Å². The molecule has 9 nitrogen and oxygen atoms in total. The highest BCUT2D eigenvalue weighted by Crippen LogP contribution is 2.36. The maximum absolute atomic E-state index is 14.1. The Balaban J connectivity index is 1.49. The highest BCUT2D eigenvalue weighted by molar-refractivity contribution is 7.00. The molecule has 6 rings (SSSR count). The lowest BCUT2D eigenvalue weighted by Gasteiger charge is -2.28. The molecule has 0 amide bonds. The number of aliphatic carboxylic acids is 1. The van der Waals surface area contributed by atoms with Crippen molar-refractivity contribution in [2.45, 2.75) is 12.8 Å². The quantitative estimate of drug-likeness (QED) is 0.274. The summed E-state index contributed by atoms with van der Waals surface area (Å²) in [4.78, 5) is 29.0. The largest absolute Gasteiger partial charge is 0.490 e. The molecule has 0 spiro atoms. The number of hydrogen-bond acceptors (Lipinski definition) is 9. The lowest BCUT2D eigenvalue weighted by molar-refractivity contribution is -0.130. The van der Waals surface area contributed by atoms with Crippen molar-refractivity contribution in [1.82, 2.24) is 8.75 Å². The van der Waals surface area contributed by atoms with Gasteiger partial charge < -0.3 is 24.2 Å². The summed E-state index contributed by atoms with van der Waals surface area (Å²) in [5.74, 6) is 0.187. The van der Waals surface area contributed by atoms with Crippen LogP contribution in [0, 0.1) is 0 Å². The highest BCUT2D eigenvalue weighted by Gasteiger charge is 2.26. The van der Waals surface area contributed by atoms with E-state index < -0.39 is 11.8 Å². The molecule has 39 heavy (non-hydrogen) atoms. The van der Waals surface area contributed by atoms with E-state index in [9.17, 15) is 14.7 Å². The smallest absolute Gasteiger partial charge is 0.336 e. The number of allylic oxidation sites excluding steroid dienone is 1. The van der Waals surface area contributed by atoms with Gasteiger partial charge >= 0.3 is 5.97 Å². The fraction of sp³-hybridized carbons (Fsp3) is 0.241. The molecule has 0 bridgehead atoms. The van der Waals surface area contributed by atoms with Crippen LogP contribution in [0.2, 0.25) is 0 Å². The van der Waals surface area contributed by atoms with Gasteiger partial charge in [0.25, 0.3) is 0 Å². The minimum Gasteiger partial charge on any atom is -0.490 e. The van der Waals surface area contributed by atoms with E-state index in [-0.39, 0.29) is 17.6 Å². The van der Waals surface area contributed by atoms with Gasteiger partial charge in [-0.1, -0.05) is 12.1 Å². The van der Waals surface area contributed by atoms with Crippen molar-refractivity contribution in [2.24, 2.45) is 0 Å². The number of carbonyl (C=O) groups excluding carboxylic acids is 1. The number of nitrogens with zero attached hydrogens (tertiary/aromatic N) is 3. The number of ketones is 1. The number of carboxylic acid groups (broad SMARTS) is 1. The molecule has 2 aliphatic heterocycles. The van der Waals surface area contributed by atoms with E-state index in [0.29, 0.717) is 53.5 Å². The van der Waals surface area contributed by atoms with Gasteiger partial charge in [-0.15, -0.1) is 0 Å². The molecule has 198 valence electrons. The summed E-state index contributed by atoms with van der Waals surface area (Å²) in [6, 6.07) is 15.7. The zero-order valence-electron chi connectivity index (χ0n) is 21.2. The van der Waals surface area contributed by atoms with Gasteiger partial charge in [-0.3, -0.25) is 4.79 Å². The average Bonchev–Trinajstić information content (AvgIpc) is 3.28. The van der Waals surface area contributed by atoms with Crippen molar-refractivity contribution in [2.75, 3.05) is 38.3 Å². The number of anilines is 1. The highest BCUT2D eigenvalue weighted by atomic mass is 32.1. The van der Waals surface area contributed by atoms with Crippen LogP contribution in [0.3, 0.4) is 0 Å². The molecule has 0 atom stereocenters. The van der Waals surface area contributed by atoms with Gasteiger partial charge in [0.05, 0.1) is 42.7 Å². The number of carbonyl (C=O) groups is 2. The molecule has 1 aromatic heterocycles. The number of ether oxygens (including phenoxy) is 3. The van der Waals surface area contributed by atoms with Gasteiger partial charge in [-0.2, -0.15) is 8.75 Å². The minimum absolute atomic E-state index is 0.0793. The average molecular weight is 544 g/mol. The molecule has 10 heteroatoms. The molecule has 0 radical (unpaired) electrons. The number of carboxylic acids is 1. The molecule has 3 heterocycles. The summed E-state index contributed by atoms with van der Waals surface area (Å²) < 4.78 is 25.8. The lowest BCUT2D eigenvalue weighted by atomic mass is 9.89. The van der Waals surface area contributed by atoms with Gasteiger partial charge in [0, 0.05) is 31.0 Å². The van der Waals surface area contributed by atoms with Crippen LogP contribution in [0.15, 0.2) is 60.2 Å². The second-order valence-corrected chi connectivity index (χ2v) is 9.94. The second-order valence-electron chi connectivity index (χ2n) is 9.42. The van der Waals surface area contributed by atoms with Gasteiger partial charge in [0.1, 0.15) is 23.4 Å². The first-order valence-electron chi connectivity index (χ1n) is 12.6. The van der Waals surface area contributed by atoms with E-state index in [0.717, 1.165) is 41.7 Å². The summed E-state index contributed by atoms with van der Waals surface area (Å²) in [6.07, 6.45) is 0.833. The summed E-state index contributed by atoms with van der Waals surface area (Å²) in [5, 5.41) is 10.4. The normalized spacial score (nSPS) is 15.2. The summed E-state index contributed by atoms with van der Waals surface area (Å²) in [5.41, 5.74) is 3.71. The predicted octanol–water partition coefficient (Wildman–Crippen LogP) is 4.65. The monoisotopic (exact) mass is 543 g/mol. The summed E-state index contributed by atoms with van der Waals surface area (Å²) >= 11 is 1.05. The van der Waals surface area contributed by atoms with Crippen molar-refractivity contribution in [3.8, 4) is 17.2 Å². The third-order valence-electron chi connectivity index (χ3n) is 6.84.